The number of nitrogens with zero attached hydrogens (tertiary/aromatic N) is 3. The van der Waals surface area contributed by atoms with Gasteiger partial charge in [-0.05, 0) is 50.3 Å². The molecule has 1 amide bonds. The Hall–Kier alpha value is -2.87. The molecule has 1 heterocycles. The van der Waals surface area contributed by atoms with Crippen molar-refractivity contribution in [2.75, 3.05) is 53.3 Å². The minimum atomic E-state index is -0.221. The van der Waals surface area contributed by atoms with Crippen LogP contribution in [0.3, 0.4) is 0 Å². The van der Waals surface area contributed by atoms with E-state index in [9.17, 15) is 4.79 Å². The Bertz CT molecular complexity index is 735. The van der Waals surface area contributed by atoms with Crippen LogP contribution >= 0.6 is 0 Å². The molecule has 0 saturated carbocycles. The smallest absolute Gasteiger partial charge is 0.271 e. The minimum Gasteiger partial charge on any atom is -0.493 e. The van der Waals surface area contributed by atoms with Gasteiger partial charge in [-0.15, -0.1) is 10.2 Å². The zero-order valence-electron chi connectivity index (χ0n) is 16.3. The molecule has 1 aromatic carbocycles. The Kier molecular flexibility index (Phi) is 7.81. The van der Waals surface area contributed by atoms with Gasteiger partial charge in [-0.2, -0.15) is 0 Å². The van der Waals surface area contributed by atoms with Crippen LogP contribution in [-0.4, -0.2) is 69.0 Å². The zero-order chi connectivity index (χ0) is 19.6. The molecule has 0 unspecified atom stereocenters. The first-order valence-corrected chi connectivity index (χ1v) is 8.75. The third-order valence-corrected chi connectivity index (χ3v) is 3.91. The maximum atomic E-state index is 12.0. The van der Waals surface area contributed by atoms with Crippen molar-refractivity contribution >= 4 is 11.7 Å². The van der Waals surface area contributed by atoms with Gasteiger partial charge in [0, 0.05) is 19.6 Å². The van der Waals surface area contributed by atoms with Crippen LogP contribution in [0, 0.1) is 0 Å². The fraction of sp³-hybridized carbons (Fsp3) is 0.421. The van der Waals surface area contributed by atoms with Crippen LogP contribution < -0.4 is 20.1 Å². The third-order valence-electron chi connectivity index (χ3n) is 3.91. The third kappa shape index (κ3) is 6.41. The van der Waals surface area contributed by atoms with Crippen molar-refractivity contribution in [1.29, 1.82) is 0 Å². The van der Waals surface area contributed by atoms with E-state index in [1.165, 1.54) is 0 Å². The average molecular weight is 373 g/mol. The number of carbonyl (C=O) groups is 1. The summed E-state index contributed by atoms with van der Waals surface area (Å²) in [6.07, 6.45) is 0.787. The van der Waals surface area contributed by atoms with Crippen molar-refractivity contribution in [3.8, 4) is 11.5 Å². The van der Waals surface area contributed by atoms with Gasteiger partial charge in [-0.3, -0.25) is 4.79 Å². The molecule has 27 heavy (non-hydrogen) atoms. The van der Waals surface area contributed by atoms with E-state index in [1.54, 1.807) is 26.4 Å². The molecule has 8 nitrogen and oxygen atoms in total. The van der Waals surface area contributed by atoms with Crippen LogP contribution in [0.5, 0.6) is 11.5 Å². The van der Waals surface area contributed by atoms with Gasteiger partial charge in [0.25, 0.3) is 5.91 Å². The van der Waals surface area contributed by atoms with E-state index in [1.807, 2.05) is 37.2 Å². The molecule has 0 aliphatic rings. The van der Waals surface area contributed by atoms with E-state index in [0.29, 0.717) is 36.1 Å². The van der Waals surface area contributed by atoms with E-state index >= 15 is 0 Å². The number of nitrogens with one attached hydrogen (secondary N) is 2. The van der Waals surface area contributed by atoms with Gasteiger partial charge >= 0.3 is 0 Å². The van der Waals surface area contributed by atoms with Crippen molar-refractivity contribution in [1.82, 2.24) is 20.4 Å². The highest BCUT2D eigenvalue weighted by atomic mass is 16.5. The van der Waals surface area contributed by atoms with Crippen molar-refractivity contribution in [2.24, 2.45) is 0 Å². The van der Waals surface area contributed by atoms with Crippen molar-refractivity contribution in [3.63, 3.8) is 0 Å². The number of carbonyl (C=O) groups excluding carboxylic acids is 1. The quantitative estimate of drug-likeness (QED) is 0.651. The molecule has 146 valence electrons. The van der Waals surface area contributed by atoms with Gasteiger partial charge < -0.3 is 25.0 Å². The number of hydrogen-bond acceptors (Lipinski definition) is 7. The molecule has 0 radical (unpaired) electrons. The van der Waals surface area contributed by atoms with Crippen LogP contribution in [0.2, 0.25) is 0 Å². The maximum Gasteiger partial charge on any atom is 0.271 e. The minimum absolute atomic E-state index is 0.221. The molecule has 0 spiro atoms. The van der Waals surface area contributed by atoms with Gasteiger partial charge in [-0.25, -0.2) is 0 Å². The Labute approximate surface area is 159 Å². The van der Waals surface area contributed by atoms with Gasteiger partial charge in [0.1, 0.15) is 5.82 Å². The van der Waals surface area contributed by atoms with Crippen LogP contribution in [0.4, 0.5) is 5.82 Å². The molecule has 0 aliphatic heterocycles. The largest absolute Gasteiger partial charge is 0.493 e. The molecule has 2 rings (SSSR count). The molecule has 2 aromatic rings. The second-order valence-electron chi connectivity index (χ2n) is 6.23. The van der Waals surface area contributed by atoms with E-state index in [2.05, 4.69) is 20.8 Å². The number of likely N-dealkylation sites (N-methyl/N-ethyl adjacent to an activating group) is 1. The predicted molar refractivity (Wildman–Crippen MR) is 105 cm³/mol. The summed E-state index contributed by atoms with van der Waals surface area (Å²) in [6, 6.07) is 9.25. The SMILES string of the molecule is COc1ccc(CCNc2ccc(C(=O)NCCN(C)C)nn2)cc1OC. The number of methoxy groups -OCH3 is 2. The van der Waals surface area contributed by atoms with Crippen LogP contribution in [-0.2, 0) is 6.42 Å². The highest BCUT2D eigenvalue weighted by Gasteiger charge is 2.08. The fourth-order valence-corrected chi connectivity index (χ4v) is 2.40. The lowest BCUT2D eigenvalue weighted by Gasteiger charge is -2.11. The summed E-state index contributed by atoms with van der Waals surface area (Å²) >= 11 is 0. The van der Waals surface area contributed by atoms with Gasteiger partial charge in [0.05, 0.1) is 14.2 Å². The summed E-state index contributed by atoms with van der Waals surface area (Å²) in [5.74, 6) is 1.82. The molecule has 0 bridgehead atoms. The standard InChI is InChI=1S/C19H27N5O3/c1-24(2)12-11-21-19(25)15-6-8-18(23-22-15)20-10-9-14-5-7-16(26-3)17(13-14)27-4/h5-8,13H,9-12H2,1-4H3,(H,20,23)(H,21,25). The van der Waals surface area contributed by atoms with E-state index < -0.39 is 0 Å². The van der Waals surface area contributed by atoms with Gasteiger partial charge in [0.15, 0.2) is 17.2 Å². The van der Waals surface area contributed by atoms with E-state index in [4.69, 9.17) is 9.47 Å². The number of hydrogen-bond donors (Lipinski definition) is 2. The first kappa shape index (κ1) is 20.4. The normalized spacial score (nSPS) is 10.6. The molecular weight excluding hydrogens is 346 g/mol. The molecule has 8 heteroatoms. The second kappa shape index (κ2) is 10.3. The number of amides is 1. The molecule has 0 fully saturated rings. The number of rotatable bonds is 10. The Balaban J connectivity index is 1.82. The lowest BCUT2D eigenvalue weighted by atomic mass is 10.1. The molecule has 1 aromatic heterocycles. The lowest BCUT2D eigenvalue weighted by molar-refractivity contribution is 0.0945. The first-order valence-electron chi connectivity index (χ1n) is 8.75. The van der Waals surface area contributed by atoms with Gasteiger partial charge in [-0.1, -0.05) is 6.07 Å². The topological polar surface area (TPSA) is 88.6 Å². The maximum absolute atomic E-state index is 12.0. The van der Waals surface area contributed by atoms with Crippen molar-refractivity contribution in [3.05, 3.63) is 41.6 Å². The summed E-state index contributed by atoms with van der Waals surface area (Å²) in [5.41, 5.74) is 1.42. The molecule has 0 atom stereocenters. The average Bonchev–Trinajstić information content (AvgIpc) is 2.68. The predicted octanol–water partition coefficient (Wildman–Crippen LogP) is 1.44. The molecule has 0 saturated heterocycles. The Morgan fingerprint density at radius 1 is 1.04 bits per heavy atom. The number of aromatic nitrogens is 2. The van der Waals surface area contributed by atoms with Crippen LogP contribution in [0.15, 0.2) is 30.3 Å². The number of anilines is 1. The summed E-state index contributed by atoms with van der Waals surface area (Å²) in [5, 5.41) is 14.0. The summed E-state index contributed by atoms with van der Waals surface area (Å²) < 4.78 is 10.5. The van der Waals surface area contributed by atoms with E-state index in [-0.39, 0.29) is 5.91 Å². The number of benzene rings is 1. The highest BCUT2D eigenvalue weighted by Crippen LogP contribution is 2.27. The molecule has 0 aliphatic carbocycles. The first-order chi connectivity index (χ1) is 13.0. The van der Waals surface area contributed by atoms with Crippen molar-refractivity contribution < 1.29 is 14.3 Å². The molecule has 2 N–H and O–H groups in total. The second-order valence-corrected chi connectivity index (χ2v) is 6.23. The summed E-state index contributed by atoms with van der Waals surface area (Å²) in [7, 11) is 7.14. The Morgan fingerprint density at radius 2 is 1.81 bits per heavy atom. The molecular formula is C19H27N5O3. The Morgan fingerprint density at radius 3 is 2.44 bits per heavy atom. The van der Waals surface area contributed by atoms with Crippen molar-refractivity contribution in [2.45, 2.75) is 6.42 Å². The lowest BCUT2D eigenvalue weighted by Crippen LogP contribution is -2.31. The number of ether oxygens (including phenoxy) is 2. The highest BCUT2D eigenvalue weighted by molar-refractivity contribution is 5.92. The van der Waals surface area contributed by atoms with Crippen LogP contribution in [0.25, 0.3) is 0 Å². The zero-order valence-corrected chi connectivity index (χ0v) is 16.3. The van der Waals surface area contributed by atoms with Crippen LogP contribution in [0.1, 0.15) is 16.1 Å². The summed E-state index contributed by atoms with van der Waals surface area (Å²) in [6.45, 7) is 2.02. The van der Waals surface area contributed by atoms with Gasteiger partial charge in [0.2, 0.25) is 0 Å². The fourth-order valence-electron chi connectivity index (χ4n) is 2.40. The van der Waals surface area contributed by atoms with E-state index in [0.717, 1.165) is 18.5 Å². The summed E-state index contributed by atoms with van der Waals surface area (Å²) in [4.78, 5) is 14.0. The monoisotopic (exact) mass is 373 g/mol.